The second-order valence-electron chi connectivity index (χ2n) is 6.40. The van der Waals surface area contributed by atoms with Crippen molar-refractivity contribution >= 4 is 44.1 Å². The van der Waals surface area contributed by atoms with Crippen molar-refractivity contribution in [3.63, 3.8) is 0 Å². The van der Waals surface area contributed by atoms with Gasteiger partial charge in [0.15, 0.2) is 0 Å². The van der Waals surface area contributed by atoms with Crippen LogP contribution in [0.5, 0.6) is 0 Å². The van der Waals surface area contributed by atoms with E-state index in [1.54, 1.807) is 0 Å². The Labute approximate surface area is 174 Å². The van der Waals surface area contributed by atoms with Gasteiger partial charge in [0.05, 0.1) is 44.1 Å². The lowest BCUT2D eigenvalue weighted by Gasteiger charge is -1.98. The quantitative estimate of drug-likeness (QED) is 0.224. The summed E-state index contributed by atoms with van der Waals surface area (Å²) in [6.45, 7) is 6.00. The first-order chi connectivity index (χ1) is 14.9. The monoisotopic (exact) mass is 388 g/mol. The Morgan fingerprint density at radius 1 is 0.300 bits per heavy atom. The number of para-hydroxylation sites is 8. The summed E-state index contributed by atoms with van der Waals surface area (Å²) < 4.78 is 0. The molecule has 144 valence electrons. The van der Waals surface area contributed by atoms with E-state index in [4.69, 9.17) is 0 Å². The molecule has 0 amide bonds. The smallest absolute Gasteiger partial charge is 0.0894 e. The van der Waals surface area contributed by atoms with Gasteiger partial charge >= 0.3 is 0 Å². The Balaban J connectivity index is 0.000000134. The molecule has 0 aliphatic heterocycles. The van der Waals surface area contributed by atoms with Crippen LogP contribution in [0, 0.1) is 0 Å². The van der Waals surface area contributed by atoms with E-state index < -0.39 is 0 Å². The fraction of sp³-hybridized carbons (Fsp3) is 0. The van der Waals surface area contributed by atoms with Gasteiger partial charge in [0.1, 0.15) is 0 Å². The van der Waals surface area contributed by atoms with Crippen LogP contribution in [0.15, 0.2) is 110 Å². The second-order valence-corrected chi connectivity index (χ2v) is 6.40. The van der Waals surface area contributed by atoms with Crippen LogP contribution in [0.4, 0.5) is 0 Å². The zero-order chi connectivity index (χ0) is 20.8. The molecule has 0 atom stereocenters. The molecule has 0 fully saturated rings. The molecule has 4 heteroatoms. The van der Waals surface area contributed by atoms with Gasteiger partial charge in [0, 0.05) is 0 Å². The first-order valence-corrected chi connectivity index (χ1v) is 9.60. The average molecular weight is 388 g/mol. The molecule has 6 rings (SSSR count). The lowest BCUT2D eigenvalue weighted by molar-refractivity contribution is 1.39. The third-order valence-electron chi connectivity index (χ3n) is 4.49. The van der Waals surface area contributed by atoms with Gasteiger partial charge in [0.2, 0.25) is 0 Å². The minimum atomic E-state index is 0.950. The molecule has 4 nitrogen and oxygen atoms in total. The standard InChI is InChI=1S/2C12H8N2.C2H4/c2*1-2-6-10-9(5-1)13-11-7-3-4-8-12(11)14-10;1-2/h2*1-8H;1-2H2. The van der Waals surface area contributed by atoms with E-state index in [9.17, 15) is 0 Å². The number of hydrogen-bond acceptors (Lipinski definition) is 4. The average Bonchev–Trinajstić information content (AvgIpc) is 2.83. The van der Waals surface area contributed by atoms with E-state index in [1.165, 1.54) is 0 Å². The Kier molecular flexibility index (Phi) is 5.67. The SMILES string of the molecule is C=C.c1ccc2nc3ccccc3nc2c1.c1ccc2nc3ccccc3nc2c1. The van der Waals surface area contributed by atoms with Gasteiger partial charge in [-0.3, -0.25) is 0 Å². The Morgan fingerprint density at radius 2 is 0.433 bits per heavy atom. The van der Waals surface area contributed by atoms with E-state index in [-0.39, 0.29) is 0 Å². The highest BCUT2D eigenvalue weighted by atomic mass is 14.8. The van der Waals surface area contributed by atoms with Crippen molar-refractivity contribution in [2.24, 2.45) is 0 Å². The number of rotatable bonds is 0. The maximum atomic E-state index is 4.52. The number of nitrogens with zero attached hydrogens (tertiary/aromatic N) is 4. The number of fused-ring (bicyclic) bond motifs is 4. The highest BCUT2D eigenvalue weighted by Crippen LogP contribution is 2.15. The van der Waals surface area contributed by atoms with E-state index in [0.717, 1.165) is 44.1 Å². The van der Waals surface area contributed by atoms with Crippen molar-refractivity contribution in [2.75, 3.05) is 0 Å². The lowest BCUT2D eigenvalue weighted by atomic mass is 10.2. The molecule has 2 heterocycles. The first-order valence-electron chi connectivity index (χ1n) is 9.60. The molecule has 0 spiro atoms. The van der Waals surface area contributed by atoms with Crippen LogP contribution < -0.4 is 0 Å². The molecule has 0 aliphatic carbocycles. The molecule has 0 radical (unpaired) electrons. The topological polar surface area (TPSA) is 51.6 Å². The zero-order valence-corrected chi connectivity index (χ0v) is 16.4. The second kappa shape index (κ2) is 8.88. The van der Waals surface area contributed by atoms with Gasteiger partial charge in [-0.1, -0.05) is 48.5 Å². The van der Waals surface area contributed by atoms with Gasteiger partial charge < -0.3 is 0 Å². The lowest BCUT2D eigenvalue weighted by Crippen LogP contribution is -1.85. The van der Waals surface area contributed by atoms with Crippen molar-refractivity contribution in [3.8, 4) is 0 Å². The molecule has 0 unspecified atom stereocenters. The number of aromatic nitrogens is 4. The van der Waals surface area contributed by atoms with E-state index in [2.05, 4.69) is 33.1 Å². The number of benzene rings is 4. The molecular weight excluding hydrogens is 368 g/mol. The molecular formula is C26H20N4. The number of hydrogen-bond donors (Lipinski definition) is 0. The van der Waals surface area contributed by atoms with Crippen molar-refractivity contribution in [1.82, 2.24) is 19.9 Å². The summed E-state index contributed by atoms with van der Waals surface area (Å²) in [5.74, 6) is 0. The molecule has 0 bridgehead atoms. The summed E-state index contributed by atoms with van der Waals surface area (Å²) in [4.78, 5) is 18.1. The van der Waals surface area contributed by atoms with Crippen LogP contribution in [0.1, 0.15) is 0 Å². The van der Waals surface area contributed by atoms with Gasteiger partial charge in [-0.15, -0.1) is 13.2 Å². The normalized spacial score (nSPS) is 10.3. The van der Waals surface area contributed by atoms with Crippen molar-refractivity contribution in [2.45, 2.75) is 0 Å². The van der Waals surface area contributed by atoms with Crippen molar-refractivity contribution in [1.29, 1.82) is 0 Å². The third kappa shape index (κ3) is 3.98. The molecule has 0 aliphatic rings. The molecule has 30 heavy (non-hydrogen) atoms. The molecule has 0 N–H and O–H groups in total. The predicted octanol–water partition coefficient (Wildman–Crippen LogP) is 6.37. The Morgan fingerprint density at radius 3 is 0.567 bits per heavy atom. The van der Waals surface area contributed by atoms with Crippen molar-refractivity contribution in [3.05, 3.63) is 110 Å². The summed E-state index contributed by atoms with van der Waals surface area (Å²) in [5, 5.41) is 0. The third-order valence-corrected chi connectivity index (χ3v) is 4.49. The van der Waals surface area contributed by atoms with Crippen LogP contribution in [0.3, 0.4) is 0 Å². The van der Waals surface area contributed by atoms with Gasteiger partial charge in [-0.05, 0) is 48.5 Å². The summed E-state index contributed by atoms with van der Waals surface area (Å²) in [6, 6.07) is 31.7. The highest BCUT2D eigenvalue weighted by Gasteiger charge is 1.99. The highest BCUT2D eigenvalue weighted by molar-refractivity contribution is 5.86. The minimum absolute atomic E-state index is 0.950. The largest absolute Gasteiger partial charge is 0.245 e. The molecule has 4 aromatic carbocycles. The van der Waals surface area contributed by atoms with Crippen LogP contribution >= 0.6 is 0 Å². The molecule has 0 saturated carbocycles. The minimum Gasteiger partial charge on any atom is -0.245 e. The summed E-state index contributed by atoms with van der Waals surface area (Å²) in [7, 11) is 0. The van der Waals surface area contributed by atoms with Crippen LogP contribution in [-0.4, -0.2) is 19.9 Å². The molecule has 2 aromatic heterocycles. The van der Waals surface area contributed by atoms with Gasteiger partial charge in [-0.2, -0.15) is 0 Å². The summed E-state index contributed by atoms with van der Waals surface area (Å²) >= 11 is 0. The maximum absolute atomic E-state index is 4.52. The first kappa shape index (κ1) is 19.2. The summed E-state index contributed by atoms with van der Waals surface area (Å²) in [5.41, 5.74) is 7.60. The van der Waals surface area contributed by atoms with Crippen LogP contribution in [0.2, 0.25) is 0 Å². The fourth-order valence-electron chi connectivity index (χ4n) is 3.13. The van der Waals surface area contributed by atoms with E-state index in [1.807, 2.05) is 97.1 Å². The van der Waals surface area contributed by atoms with Crippen LogP contribution in [-0.2, 0) is 0 Å². The van der Waals surface area contributed by atoms with Crippen molar-refractivity contribution < 1.29 is 0 Å². The van der Waals surface area contributed by atoms with Gasteiger partial charge in [0.25, 0.3) is 0 Å². The van der Waals surface area contributed by atoms with Gasteiger partial charge in [-0.25, -0.2) is 19.9 Å². The predicted molar refractivity (Wildman–Crippen MR) is 125 cm³/mol. The zero-order valence-electron chi connectivity index (χ0n) is 16.4. The summed E-state index contributed by atoms with van der Waals surface area (Å²) in [6.07, 6.45) is 0. The van der Waals surface area contributed by atoms with E-state index >= 15 is 0 Å². The molecule has 0 saturated heterocycles. The fourth-order valence-corrected chi connectivity index (χ4v) is 3.13. The molecule has 6 aromatic rings. The van der Waals surface area contributed by atoms with Crippen LogP contribution in [0.25, 0.3) is 44.1 Å². The maximum Gasteiger partial charge on any atom is 0.0894 e. The Hall–Kier alpha value is -4.18. The Bertz CT molecular complexity index is 1120. The van der Waals surface area contributed by atoms with E-state index in [0.29, 0.717) is 0 Å².